The monoisotopic (exact) mass is 272 g/mol. The highest BCUT2D eigenvalue weighted by Crippen LogP contribution is 2.23. The van der Waals surface area contributed by atoms with E-state index >= 15 is 0 Å². The molecule has 0 radical (unpaired) electrons. The first-order valence-electron chi connectivity index (χ1n) is 6.10. The minimum Gasteiger partial charge on any atom is -0.316 e. The Morgan fingerprint density at radius 3 is 2.37 bits per heavy atom. The molecular weight excluding hydrogens is 260 g/mol. The molecule has 1 N–H and O–H groups in total. The van der Waals surface area contributed by atoms with Crippen molar-refractivity contribution in [1.29, 1.82) is 0 Å². The quantitative estimate of drug-likeness (QED) is 0.839. The van der Waals surface area contributed by atoms with Gasteiger partial charge in [0, 0.05) is 23.8 Å². The van der Waals surface area contributed by atoms with Gasteiger partial charge in [-0.25, -0.2) is 4.79 Å². The van der Waals surface area contributed by atoms with Gasteiger partial charge in [-0.3, -0.25) is 0 Å². The van der Waals surface area contributed by atoms with Gasteiger partial charge in [-0.1, -0.05) is 41.9 Å². The Morgan fingerprint density at radius 2 is 1.74 bits per heavy atom. The molecular formula is C15H13ClN2O. The number of rotatable bonds is 1. The molecule has 0 aromatic heterocycles. The lowest BCUT2D eigenvalue weighted by molar-refractivity contribution is 0.212. The molecule has 0 spiro atoms. The van der Waals surface area contributed by atoms with E-state index in [1.54, 1.807) is 17.0 Å². The van der Waals surface area contributed by atoms with E-state index in [4.69, 9.17) is 11.6 Å². The fraction of sp³-hybridized carbons (Fsp3) is 0.133. The lowest BCUT2D eigenvalue weighted by Gasteiger charge is -2.16. The van der Waals surface area contributed by atoms with Crippen LogP contribution in [0.4, 0.5) is 10.5 Å². The third-order valence-electron chi connectivity index (χ3n) is 3.20. The van der Waals surface area contributed by atoms with Crippen LogP contribution in [0.2, 0.25) is 5.02 Å². The zero-order valence-electron chi connectivity index (χ0n) is 10.3. The molecule has 4 heteroatoms. The lowest BCUT2D eigenvalue weighted by Crippen LogP contribution is -2.30. The molecule has 0 unspecified atom stereocenters. The minimum atomic E-state index is -0.0986. The Bertz CT molecular complexity index is 602. The number of halogens is 1. The van der Waals surface area contributed by atoms with E-state index in [2.05, 4.69) is 17.4 Å². The van der Waals surface area contributed by atoms with Gasteiger partial charge < -0.3 is 10.2 Å². The number of carbonyl (C=O) groups is 1. The first-order chi connectivity index (χ1) is 9.22. The van der Waals surface area contributed by atoms with Crippen molar-refractivity contribution >= 4 is 23.3 Å². The van der Waals surface area contributed by atoms with Crippen molar-refractivity contribution in [2.45, 2.75) is 13.1 Å². The molecule has 2 aromatic carbocycles. The Labute approximate surface area is 116 Å². The lowest BCUT2D eigenvalue weighted by atomic mass is 10.1. The second-order valence-corrected chi connectivity index (χ2v) is 5.00. The second-order valence-electron chi connectivity index (χ2n) is 4.57. The molecule has 2 amide bonds. The summed E-state index contributed by atoms with van der Waals surface area (Å²) in [7, 11) is 0. The van der Waals surface area contributed by atoms with Gasteiger partial charge in [-0.2, -0.15) is 0 Å². The predicted octanol–water partition coefficient (Wildman–Crippen LogP) is 3.89. The zero-order chi connectivity index (χ0) is 13.2. The van der Waals surface area contributed by atoms with Crippen molar-refractivity contribution in [3.63, 3.8) is 0 Å². The van der Waals surface area contributed by atoms with E-state index in [0.29, 0.717) is 23.8 Å². The summed E-state index contributed by atoms with van der Waals surface area (Å²) in [6.07, 6.45) is 0. The van der Waals surface area contributed by atoms with Crippen LogP contribution >= 0.6 is 11.6 Å². The van der Waals surface area contributed by atoms with Crippen molar-refractivity contribution in [1.82, 2.24) is 4.90 Å². The van der Waals surface area contributed by atoms with E-state index < -0.39 is 0 Å². The van der Waals surface area contributed by atoms with Crippen LogP contribution in [0, 0.1) is 0 Å². The molecule has 1 aliphatic heterocycles. The number of nitrogens with one attached hydrogen (secondary N) is 1. The molecule has 1 heterocycles. The van der Waals surface area contributed by atoms with Crippen molar-refractivity contribution in [2.75, 3.05) is 5.32 Å². The first kappa shape index (κ1) is 12.1. The average molecular weight is 273 g/mol. The van der Waals surface area contributed by atoms with E-state index in [1.807, 2.05) is 24.3 Å². The van der Waals surface area contributed by atoms with Crippen LogP contribution < -0.4 is 5.32 Å². The number of nitrogens with zero attached hydrogens (tertiary/aromatic N) is 1. The number of fused-ring (bicyclic) bond motifs is 1. The zero-order valence-corrected chi connectivity index (χ0v) is 11.0. The molecule has 0 aliphatic carbocycles. The van der Waals surface area contributed by atoms with Gasteiger partial charge in [0.1, 0.15) is 0 Å². The Kier molecular flexibility index (Phi) is 3.13. The van der Waals surface area contributed by atoms with Crippen LogP contribution in [0.1, 0.15) is 11.1 Å². The number of amides is 2. The summed E-state index contributed by atoms with van der Waals surface area (Å²) in [5, 5.41) is 3.48. The van der Waals surface area contributed by atoms with Gasteiger partial charge in [0.2, 0.25) is 0 Å². The molecule has 1 aliphatic rings. The van der Waals surface area contributed by atoms with Crippen molar-refractivity contribution in [2.24, 2.45) is 0 Å². The molecule has 2 aromatic rings. The molecule has 0 fully saturated rings. The maximum Gasteiger partial charge on any atom is 0.322 e. The molecule has 0 atom stereocenters. The second kappa shape index (κ2) is 4.94. The van der Waals surface area contributed by atoms with Crippen molar-refractivity contribution in [3.8, 4) is 0 Å². The van der Waals surface area contributed by atoms with E-state index in [9.17, 15) is 4.79 Å². The molecule has 96 valence electrons. The predicted molar refractivity (Wildman–Crippen MR) is 76.2 cm³/mol. The maximum atomic E-state index is 12.2. The molecule has 0 saturated heterocycles. The number of carbonyl (C=O) groups excluding carboxylic acids is 1. The van der Waals surface area contributed by atoms with Crippen molar-refractivity contribution < 1.29 is 4.79 Å². The number of benzene rings is 2. The van der Waals surface area contributed by atoms with Crippen LogP contribution in [-0.2, 0) is 13.1 Å². The first-order valence-corrected chi connectivity index (χ1v) is 6.48. The summed E-state index contributed by atoms with van der Waals surface area (Å²) >= 11 is 5.90. The molecule has 0 saturated carbocycles. The summed E-state index contributed by atoms with van der Waals surface area (Å²) in [5.74, 6) is 0. The molecule has 3 nitrogen and oxygen atoms in total. The topological polar surface area (TPSA) is 32.3 Å². The number of anilines is 1. The highest BCUT2D eigenvalue weighted by atomic mass is 35.5. The van der Waals surface area contributed by atoms with Gasteiger partial charge in [-0.05, 0) is 29.3 Å². The van der Waals surface area contributed by atoms with Crippen LogP contribution in [0.5, 0.6) is 0 Å². The normalized spacial score (nSPS) is 13.2. The number of hydrogen-bond acceptors (Lipinski definition) is 1. The fourth-order valence-electron chi connectivity index (χ4n) is 2.25. The Balaban J connectivity index is 1.70. The Hall–Kier alpha value is -2.00. The minimum absolute atomic E-state index is 0.0986. The smallest absolute Gasteiger partial charge is 0.316 e. The van der Waals surface area contributed by atoms with Crippen molar-refractivity contribution in [3.05, 3.63) is 64.7 Å². The van der Waals surface area contributed by atoms with E-state index in [1.165, 1.54) is 11.1 Å². The summed E-state index contributed by atoms with van der Waals surface area (Å²) in [6, 6.07) is 15.2. The van der Waals surface area contributed by atoms with E-state index in [-0.39, 0.29) is 6.03 Å². The van der Waals surface area contributed by atoms with Crippen LogP contribution in [0.3, 0.4) is 0 Å². The third-order valence-corrected chi connectivity index (χ3v) is 3.44. The number of hydrogen-bond donors (Lipinski definition) is 1. The summed E-state index contributed by atoms with van der Waals surface area (Å²) in [5.41, 5.74) is 3.14. The third kappa shape index (κ3) is 2.56. The standard InChI is InChI=1S/C15H13ClN2O/c16-13-6-3-7-14(8-13)17-15(19)18-9-11-4-1-2-5-12(11)10-18/h1-8H,9-10H2,(H,17,19). The number of urea groups is 1. The molecule has 19 heavy (non-hydrogen) atoms. The summed E-state index contributed by atoms with van der Waals surface area (Å²) in [4.78, 5) is 13.9. The average Bonchev–Trinajstić information content (AvgIpc) is 2.82. The highest BCUT2D eigenvalue weighted by Gasteiger charge is 2.22. The summed E-state index contributed by atoms with van der Waals surface area (Å²) < 4.78 is 0. The Morgan fingerprint density at radius 1 is 1.05 bits per heavy atom. The van der Waals surface area contributed by atoms with E-state index in [0.717, 1.165) is 0 Å². The summed E-state index contributed by atoms with van der Waals surface area (Å²) in [6.45, 7) is 1.31. The highest BCUT2D eigenvalue weighted by molar-refractivity contribution is 6.30. The van der Waals surface area contributed by atoms with Gasteiger partial charge in [0.15, 0.2) is 0 Å². The SMILES string of the molecule is O=C(Nc1cccc(Cl)c1)N1Cc2ccccc2C1. The van der Waals surface area contributed by atoms with Gasteiger partial charge in [-0.15, -0.1) is 0 Å². The van der Waals surface area contributed by atoms with Crippen LogP contribution in [0.15, 0.2) is 48.5 Å². The van der Waals surface area contributed by atoms with Crippen LogP contribution in [0.25, 0.3) is 0 Å². The maximum absolute atomic E-state index is 12.2. The van der Waals surface area contributed by atoms with Gasteiger partial charge >= 0.3 is 6.03 Å². The van der Waals surface area contributed by atoms with Gasteiger partial charge in [0.25, 0.3) is 0 Å². The van der Waals surface area contributed by atoms with Crippen LogP contribution in [-0.4, -0.2) is 10.9 Å². The fourth-order valence-corrected chi connectivity index (χ4v) is 2.44. The van der Waals surface area contributed by atoms with Gasteiger partial charge in [0.05, 0.1) is 0 Å². The molecule has 3 rings (SSSR count). The molecule has 0 bridgehead atoms. The largest absolute Gasteiger partial charge is 0.322 e.